The van der Waals surface area contributed by atoms with E-state index in [2.05, 4.69) is 63.2 Å². The van der Waals surface area contributed by atoms with Crippen molar-refractivity contribution in [3.05, 3.63) is 33.8 Å². The van der Waals surface area contributed by atoms with Gasteiger partial charge in [0.05, 0.1) is 6.10 Å². The lowest BCUT2D eigenvalue weighted by Gasteiger charge is -2.34. The van der Waals surface area contributed by atoms with Gasteiger partial charge in [0.25, 0.3) is 0 Å². The van der Waals surface area contributed by atoms with E-state index in [1.165, 1.54) is 11.1 Å². The van der Waals surface area contributed by atoms with Gasteiger partial charge < -0.3 is 15.0 Å². The molecule has 0 unspecified atom stereocenters. The largest absolute Gasteiger partial charge is 0.378 e. The van der Waals surface area contributed by atoms with Crippen molar-refractivity contribution in [1.82, 2.24) is 10.2 Å². The van der Waals surface area contributed by atoms with Crippen LogP contribution in [0.25, 0.3) is 0 Å². The maximum absolute atomic E-state index is 5.71. The van der Waals surface area contributed by atoms with E-state index in [1.54, 1.807) is 0 Å². The molecular formula is C17H26BrN3O. The van der Waals surface area contributed by atoms with Gasteiger partial charge in [-0.15, -0.1) is 0 Å². The molecule has 22 heavy (non-hydrogen) atoms. The van der Waals surface area contributed by atoms with Gasteiger partial charge in [-0.05, 0) is 49.9 Å². The molecule has 1 saturated heterocycles. The molecule has 1 aliphatic rings. The first-order valence-electron chi connectivity index (χ1n) is 7.96. The van der Waals surface area contributed by atoms with Gasteiger partial charge in [-0.3, -0.25) is 4.99 Å². The molecule has 0 saturated carbocycles. The van der Waals surface area contributed by atoms with Crippen LogP contribution >= 0.6 is 15.9 Å². The van der Waals surface area contributed by atoms with E-state index in [4.69, 9.17) is 4.74 Å². The Balaban J connectivity index is 1.88. The normalized spacial score (nSPS) is 16.9. The summed E-state index contributed by atoms with van der Waals surface area (Å²) >= 11 is 3.51. The van der Waals surface area contributed by atoms with Gasteiger partial charge in [0.1, 0.15) is 0 Å². The summed E-state index contributed by atoms with van der Waals surface area (Å²) in [6.07, 6.45) is 2.56. The zero-order valence-electron chi connectivity index (χ0n) is 13.7. The number of rotatable bonds is 4. The smallest absolute Gasteiger partial charge is 0.193 e. The van der Waals surface area contributed by atoms with Gasteiger partial charge in [-0.25, -0.2) is 0 Å². The van der Waals surface area contributed by atoms with Crippen LogP contribution in [-0.2, 0) is 11.3 Å². The molecule has 0 aliphatic carbocycles. The van der Waals surface area contributed by atoms with Gasteiger partial charge in [-0.2, -0.15) is 0 Å². The van der Waals surface area contributed by atoms with E-state index in [9.17, 15) is 0 Å². The van der Waals surface area contributed by atoms with E-state index in [-0.39, 0.29) is 0 Å². The van der Waals surface area contributed by atoms with Crippen LogP contribution in [0.2, 0.25) is 0 Å². The van der Waals surface area contributed by atoms with Crippen molar-refractivity contribution < 1.29 is 4.74 Å². The third-order valence-electron chi connectivity index (χ3n) is 4.10. The number of likely N-dealkylation sites (tertiary alicyclic amines) is 1. The second kappa shape index (κ2) is 8.53. The number of piperidine rings is 1. The topological polar surface area (TPSA) is 36.9 Å². The average Bonchev–Trinajstić information content (AvgIpc) is 2.51. The minimum absolute atomic E-state index is 0.410. The number of aliphatic imine (C=N–C) groups is 1. The highest BCUT2D eigenvalue weighted by Gasteiger charge is 2.21. The van der Waals surface area contributed by atoms with Crippen LogP contribution in [0, 0.1) is 6.92 Å². The van der Waals surface area contributed by atoms with Crippen molar-refractivity contribution >= 4 is 21.9 Å². The maximum Gasteiger partial charge on any atom is 0.193 e. The fourth-order valence-electron chi connectivity index (χ4n) is 2.83. The van der Waals surface area contributed by atoms with Crippen LogP contribution in [0.1, 0.15) is 30.9 Å². The first kappa shape index (κ1) is 17.3. The Hall–Kier alpha value is -1.07. The SMILES string of the molecule is CCOC1CCN(C(=NC)NCc2ccc(Br)cc2C)CC1. The van der Waals surface area contributed by atoms with E-state index >= 15 is 0 Å². The van der Waals surface area contributed by atoms with Crippen LogP contribution in [0.15, 0.2) is 27.7 Å². The minimum atomic E-state index is 0.410. The molecule has 0 amide bonds. The number of hydrogen-bond donors (Lipinski definition) is 1. The van der Waals surface area contributed by atoms with Gasteiger partial charge >= 0.3 is 0 Å². The number of guanidine groups is 1. The second-order valence-corrected chi connectivity index (χ2v) is 6.53. The molecule has 1 heterocycles. The van der Waals surface area contributed by atoms with Crippen molar-refractivity contribution in [3.63, 3.8) is 0 Å². The highest BCUT2D eigenvalue weighted by Crippen LogP contribution is 2.16. The molecule has 1 fully saturated rings. The Kier molecular flexibility index (Phi) is 6.70. The molecule has 5 heteroatoms. The fourth-order valence-corrected chi connectivity index (χ4v) is 3.31. The minimum Gasteiger partial charge on any atom is -0.378 e. The molecule has 0 aromatic heterocycles. The molecule has 1 aromatic carbocycles. The van der Waals surface area contributed by atoms with E-state index in [1.807, 2.05) is 7.05 Å². The quantitative estimate of drug-likeness (QED) is 0.654. The summed E-state index contributed by atoms with van der Waals surface area (Å²) in [5, 5.41) is 3.48. The van der Waals surface area contributed by atoms with Crippen LogP contribution in [0.4, 0.5) is 0 Å². The lowest BCUT2D eigenvalue weighted by Crippen LogP contribution is -2.46. The first-order chi connectivity index (χ1) is 10.6. The summed E-state index contributed by atoms with van der Waals surface area (Å²) in [6, 6.07) is 6.38. The zero-order chi connectivity index (χ0) is 15.9. The monoisotopic (exact) mass is 367 g/mol. The Morgan fingerprint density at radius 3 is 2.73 bits per heavy atom. The Labute approximate surface area is 142 Å². The average molecular weight is 368 g/mol. The highest BCUT2D eigenvalue weighted by atomic mass is 79.9. The zero-order valence-corrected chi connectivity index (χ0v) is 15.3. The number of hydrogen-bond acceptors (Lipinski definition) is 2. The third-order valence-corrected chi connectivity index (χ3v) is 4.59. The number of nitrogens with one attached hydrogen (secondary N) is 1. The molecule has 1 N–H and O–H groups in total. The molecule has 0 spiro atoms. The van der Waals surface area contributed by atoms with Crippen molar-refractivity contribution in [2.45, 2.75) is 39.3 Å². The van der Waals surface area contributed by atoms with Crippen molar-refractivity contribution in [3.8, 4) is 0 Å². The summed E-state index contributed by atoms with van der Waals surface area (Å²) in [6.45, 7) is 7.82. The molecule has 2 rings (SSSR count). The van der Waals surface area contributed by atoms with Crippen LogP contribution in [0.3, 0.4) is 0 Å². The summed E-state index contributed by atoms with van der Waals surface area (Å²) < 4.78 is 6.83. The predicted octanol–water partition coefficient (Wildman–Crippen LogP) is 3.33. The summed E-state index contributed by atoms with van der Waals surface area (Å²) in [5.41, 5.74) is 2.58. The Morgan fingerprint density at radius 1 is 1.41 bits per heavy atom. The van der Waals surface area contributed by atoms with Crippen molar-refractivity contribution in [1.29, 1.82) is 0 Å². The van der Waals surface area contributed by atoms with Crippen LogP contribution < -0.4 is 5.32 Å². The molecule has 0 radical (unpaired) electrons. The van der Waals surface area contributed by atoms with E-state index in [0.29, 0.717) is 6.10 Å². The van der Waals surface area contributed by atoms with Gasteiger partial charge in [0.15, 0.2) is 5.96 Å². The third kappa shape index (κ3) is 4.71. The highest BCUT2D eigenvalue weighted by molar-refractivity contribution is 9.10. The lowest BCUT2D eigenvalue weighted by atomic mass is 10.1. The van der Waals surface area contributed by atoms with E-state index < -0.39 is 0 Å². The molecule has 1 aromatic rings. The fraction of sp³-hybridized carbons (Fsp3) is 0.588. The number of halogens is 1. The van der Waals surface area contributed by atoms with Crippen LogP contribution in [-0.4, -0.2) is 43.7 Å². The summed E-state index contributed by atoms with van der Waals surface area (Å²) in [5.74, 6) is 0.984. The summed E-state index contributed by atoms with van der Waals surface area (Å²) in [4.78, 5) is 6.75. The molecular weight excluding hydrogens is 342 g/mol. The standard InChI is InChI=1S/C17H26BrN3O/c1-4-22-16-7-9-21(10-8-16)17(19-3)20-12-14-5-6-15(18)11-13(14)2/h5-6,11,16H,4,7-10,12H2,1-3H3,(H,19,20). The van der Waals surface area contributed by atoms with E-state index in [0.717, 1.165) is 49.5 Å². The number of benzene rings is 1. The van der Waals surface area contributed by atoms with Gasteiger partial charge in [0, 0.05) is 37.8 Å². The molecule has 122 valence electrons. The number of ether oxygens (including phenoxy) is 1. The Bertz CT molecular complexity index is 511. The van der Waals surface area contributed by atoms with Gasteiger partial charge in [-0.1, -0.05) is 22.0 Å². The molecule has 1 aliphatic heterocycles. The summed E-state index contributed by atoms with van der Waals surface area (Å²) in [7, 11) is 1.85. The maximum atomic E-state index is 5.71. The lowest BCUT2D eigenvalue weighted by molar-refractivity contribution is 0.0263. The number of nitrogens with zero attached hydrogens (tertiary/aromatic N) is 2. The molecule has 4 nitrogen and oxygen atoms in total. The molecule has 0 bridgehead atoms. The predicted molar refractivity (Wildman–Crippen MR) is 95.3 cm³/mol. The van der Waals surface area contributed by atoms with Crippen molar-refractivity contribution in [2.24, 2.45) is 4.99 Å². The second-order valence-electron chi connectivity index (χ2n) is 5.61. The molecule has 0 atom stereocenters. The Morgan fingerprint density at radius 2 is 2.14 bits per heavy atom. The first-order valence-corrected chi connectivity index (χ1v) is 8.75. The van der Waals surface area contributed by atoms with Gasteiger partial charge in [0.2, 0.25) is 0 Å². The number of aryl methyl sites for hydroxylation is 1. The van der Waals surface area contributed by atoms with Crippen molar-refractivity contribution in [2.75, 3.05) is 26.7 Å². The van der Waals surface area contributed by atoms with Crippen LogP contribution in [0.5, 0.6) is 0 Å².